The first-order chi connectivity index (χ1) is 14.8. The Morgan fingerprint density at radius 1 is 0.667 bits per heavy atom. The predicted molar refractivity (Wildman–Crippen MR) is 120 cm³/mol. The van der Waals surface area contributed by atoms with Crippen molar-refractivity contribution in [3.05, 3.63) is 72.6 Å². The van der Waals surface area contributed by atoms with Gasteiger partial charge in [0.25, 0.3) is 0 Å². The van der Waals surface area contributed by atoms with Crippen LogP contribution in [0.1, 0.15) is 37.3 Å². The van der Waals surface area contributed by atoms with Crippen LogP contribution in [0.5, 0.6) is 0 Å². The zero-order valence-electron chi connectivity index (χ0n) is 16.6. The minimum atomic E-state index is 0.130. The monoisotopic (exact) mass is 394 g/mol. The predicted octanol–water partition coefficient (Wildman–Crippen LogP) is 4.42. The lowest BCUT2D eigenvalue weighted by Crippen LogP contribution is -2.27. The molecule has 2 unspecified atom stereocenters. The maximum Gasteiger partial charge on any atom is 0.170 e. The van der Waals surface area contributed by atoms with Crippen molar-refractivity contribution >= 4 is 34.2 Å². The average Bonchev–Trinajstić information content (AvgIpc) is 2.81. The molecule has 0 aliphatic heterocycles. The van der Waals surface area contributed by atoms with E-state index in [2.05, 4.69) is 19.9 Å². The van der Waals surface area contributed by atoms with Crippen molar-refractivity contribution < 1.29 is 0 Å². The molecule has 0 saturated heterocycles. The van der Waals surface area contributed by atoms with Crippen LogP contribution >= 0.6 is 0 Å². The molecule has 2 aromatic heterocycles. The molecule has 0 amide bonds. The van der Waals surface area contributed by atoms with Crippen LogP contribution in [0.15, 0.2) is 70.9 Å². The van der Waals surface area contributed by atoms with E-state index in [1.165, 1.54) is 12.8 Å². The van der Waals surface area contributed by atoms with E-state index in [1.807, 2.05) is 60.9 Å². The number of hydrogen-bond donors (Lipinski definition) is 0. The minimum Gasteiger partial charge on any atom is -0.284 e. The third-order valence-electron chi connectivity index (χ3n) is 5.47. The first-order valence-corrected chi connectivity index (χ1v) is 10.4. The number of benzene rings is 2. The van der Waals surface area contributed by atoms with Gasteiger partial charge in [-0.1, -0.05) is 49.2 Å². The molecule has 0 radical (unpaired) electrons. The molecule has 4 aromatic rings. The Morgan fingerprint density at radius 3 is 1.63 bits per heavy atom. The largest absolute Gasteiger partial charge is 0.284 e. The van der Waals surface area contributed by atoms with Gasteiger partial charge < -0.3 is 0 Å². The van der Waals surface area contributed by atoms with Gasteiger partial charge in [0, 0.05) is 23.2 Å². The molecule has 6 nitrogen and oxygen atoms in total. The van der Waals surface area contributed by atoms with Crippen molar-refractivity contribution in [2.24, 2.45) is 9.98 Å². The molecule has 1 aliphatic carbocycles. The van der Waals surface area contributed by atoms with E-state index in [1.54, 1.807) is 12.4 Å². The lowest BCUT2D eigenvalue weighted by atomic mass is 9.91. The zero-order valence-corrected chi connectivity index (χ0v) is 16.6. The molecule has 0 bridgehead atoms. The molecule has 5 rings (SSSR count). The molecule has 1 aliphatic rings. The summed E-state index contributed by atoms with van der Waals surface area (Å²) in [5, 5.41) is 2.07. The lowest BCUT2D eigenvalue weighted by Gasteiger charge is -2.25. The van der Waals surface area contributed by atoms with Crippen LogP contribution in [0.2, 0.25) is 0 Å². The van der Waals surface area contributed by atoms with Crippen LogP contribution in [0, 0.1) is 0 Å². The summed E-state index contributed by atoms with van der Waals surface area (Å²) in [5.74, 6) is 1.28. The van der Waals surface area contributed by atoms with Crippen molar-refractivity contribution in [1.29, 1.82) is 0 Å². The van der Waals surface area contributed by atoms with E-state index < -0.39 is 0 Å². The molecule has 0 spiro atoms. The SMILES string of the molecule is C(=NC1CCCCC1N=Cc1ncc2ccccc2n1)c1ncc2ccccc2n1. The van der Waals surface area contributed by atoms with E-state index in [-0.39, 0.29) is 12.1 Å². The Morgan fingerprint density at radius 2 is 1.13 bits per heavy atom. The minimum absolute atomic E-state index is 0.130. The molecular formula is C24H22N6. The van der Waals surface area contributed by atoms with Crippen molar-refractivity contribution in [3.8, 4) is 0 Å². The van der Waals surface area contributed by atoms with Gasteiger partial charge in [0.1, 0.15) is 0 Å². The summed E-state index contributed by atoms with van der Waals surface area (Å²) in [6.07, 6.45) is 11.6. The van der Waals surface area contributed by atoms with Crippen LogP contribution in [0.25, 0.3) is 21.8 Å². The normalized spacial score (nSPS) is 19.9. The molecule has 0 N–H and O–H groups in total. The van der Waals surface area contributed by atoms with E-state index in [9.17, 15) is 0 Å². The van der Waals surface area contributed by atoms with Crippen LogP contribution in [0.4, 0.5) is 0 Å². The van der Waals surface area contributed by atoms with Crippen LogP contribution in [-0.2, 0) is 0 Å². The van der Waals surface area contributed by atoms with Crippen LogP contribution in [-0.4, -0.2) is 44.4 Å². The van der Waals surface area contributed by atoms with E-state index in [4.69, 9.17) is 9.98 Å². The number of hydrogen-bond acceptors (Lipinski definition) is 6. The molecule has 2 atom stereocenters. The molecule has 1 saturated carbocycles. The summed E-state index contributed by atoms with van der Waals surface area (Å²) in [6, 6.07) is 16.2. The summed E-state index contributed by atoms with van der Waals surface area (Å²) in [6.45, 7) is 0. The standard InChI is InChI=1S/C24H22N6/c1-3-9-19-17(7-1)13-27-23(29-19)15-25-21-11-5-6-12-22(21)26-16-24-28-14-18-8-2-4-10-20(18)30-24/h1-4,7-10,13-16,21-22H,5-6,11-12H2. The molecule has 2 aromatic carbocycles. The second-order valence-corrected chi connectivity index (χ2v) is 7.55. The second-order valence-electron chi connectivity index (χ2n) is 7.55. The van der Waals surface area contributed by atoms with Gasteiger partial charge in [-0.2, -0.15) is 0 Å². The fraction of sp³-hybridized carbons (Fsp3) is 0.250. The Labute approximate surface area is 174 Å². The Kier molecular flexibility index (Phi) is 5.21. The Hall–Kier alpha value is -3.54. The quantitative estimate of drug-likeness (QED) is 0.480. The first kappa shape index (κ1) is 18.5. The number of aromatic nitrogens is 4. The lowest BCUT2D eigenvalue weighted by molar-refractivity contribution is 0.390. The highest BCUT2D eigenvalue weighted by molar-refractivity contribution is 5.83. The molecule has 2 heterocycles. The highest BCUT2D eigenvalue weighted by Gasteiger charge is 2.23. The Bertz CT molecular complexity index is 1140. The van der Waals surface area contributed by atoms with Gasteiger partial charge in [-0.25, -0.2) is 19.9 Å². The van der Waals surface area contributed by atoms with Gasteiger partial charge in [-0.3, -0.25) is 9.98 Å². The van der Waals surface area contributed by atoms with Crippen molar-refractivity contribution in [3.63, 3.8) is 0 Å². The molecule has 30 heavy (non-hydrogen) atoms. The summed E-state index contributed by atoms with van der Waals surface area (Å²) in [5.41, 5.74) is 1.86. The second kappa shape index (κ2) is 8.45. The smallest absolute Gasteiger partial charge is 0.170 e. The highest BCUT2D eigenvalue weighted by Crippen LogP contribution is 2.24. The fourth-order valence-corrected chi connectivity index (χ4v) is 3.86. The van der Waals surface area contributed by atoms with Gasteiger partial charge in [-0.15, -0.1) is 0 Å². The van der Waals surface area contributed by atoms with Crippen molar-refractivity contribution in [1.82, 2.24) is 19.9 Å². The van der Waals surface area contributed by atoms with Crippen molar-refractivity contribution in [2.75, 3.05) is 0 Å². The molecule has 1 fully saturated rings. The molecular weight excluding hydrogens is 372 g/mol. The average molecular weight is 394 g/mol. The van der Waals surface area contributed by atoms with Gasteiger partial charge in [-0.05, 0) is 25.0 Å². The Balaban J connectivity index is 1.34. The van der Waals surface area contributed by atoms with Gasteiger partial charge in [0.05, 0.1) is 35.5 Å². The third kappa shape index (κ3) is 4.08. The molecule has 148 valence electrons. The molecule has 6 heteroatoms. The number of nitrogens with zero attached hydrogens (tertiary/aromatic N) is 6. The van der Waals surface area contributed by atoms with E-state index in [0.717, 1.165) is 34.6 Å². The zero-order chi connectivity index (χ0) is 20.2. The van der Waals surface area contributed by atoms with Gasteiger partial charge >= 0.3 is 0 Å². The maximum atomic E-state index is 4.80. The number of para-hydroxylation sites is 2. The number of fused-ring (bicyclic) bond motifs is 2. The summed E-state index contributed by atoms with van der Waals surface area (Å²) >= 11 is 0. The van der Waals surface area contributed by atoms with E-state index >= 15 is 0 Å². The first-order valence-electron chi connectivity index (χ1n) is 10.4. The topological polar surface area (TPSA) is 76.3 Å². The third-order valence-corrected chi connectivity index (χ3v) is 5.47. The fourth-order valence-electron chi connectivity index (χ4n) is 3.86. The van der Waals surface area contributed by atoms with Gasteiger partial charge in [0.2, 0.25) is 0 Å². The van der Waals surface area contributed by atoms with E-state index in [0.29, 0.717) is 11.6 Å². The van der Waals surface area contributed by atoms with Crippen molar-refractivity contribution in [2.45, 2.75) is 37.8 Å². The van der Waals surface area contributed by atoms with Crippen LogP contribution in [0.3, 0.4) is 0 Å². The van der Waals surface area contributed by atoms with Crippen LogP contribution < -0.4 is 0 Å². The number of aliphatic imine (C=N–C) groups is 2. The maximum absolute atomic E-state index is 4.80. The summed E-state index contributed by atoms with van der Waals surface area (Å²) in [7, 11) is 0. The number of rotatable bonds is 4. The summed E-state index contributed by atoms with van der Waals surface area (Å²) < 4.78 is 0. The van der Waals surface area contributed by atoms with Gasteiger partial charge in [0.15, 0.2) is 11.6 Å². The highest BCUT2D eigenvalue weighted by atomic mass is 15.0. The summed E-state index contributed by atoms with van der Waals surface area (Å²) in [4.78, 5) is 27.6.